The van der Waals surface area contributed by atoms with E-state index < -0.39 is 0 Å². The third-order valence-corrected chi connectivity index (χ3v) is 4.40. The van der Waals surface area contributed by atoms with Gasteiger partial charge in [0.2, 0.25) is 11.7 Å². The van der Waals surface area contributed by atoms with E-state index in [-0.39, 0.29) is 11.9 Å². The quantitative estimate of drug-likeness (QED) is 0.645. The molecule has 0 radical (unpaired) electrons. The molecule has 3 aromatic rings. The van der Waals surface area contributed by atoms with Crippen LogP contribution in [0.25, 0.3) is 17.2 Å². The first kappa shape index (κ1) is 18.2. The maximum Gasteiger partial charge on any atom is 0.217 e. The average Bonchev–Trinajstić information content (AvgIpc) is 3.41. The molecule has 1 N–H and O–H groups in total. The lowest BCUT2D eigenvalue weighted by Crippen LogP contribution is -2.35. The fourth-order valence-electron chi connectivity index (χ4n) is 2.76. The van der Waals surface area contributed by atoms with Crippen LogP contribution in [0.15, 0.2) is 36.7 Å². The Hall–Kier alpha value is -3.16. The summed E-state index contributed by atoms with van der Waals surface area (Å²) in [7, 11) is 0. The van der Waals surface area contributed by atoms with Crippen molar-refractivity contribution in [2.45, 2.75) is 32.7 Å². The first-order chi connectivity index (χ1) is 13.6. The molecule has 0 saturated heterocycles. The number of rotatable bonds is 8. The van der Waals surface area contributed by atoms with E-state index in [0.717, 1.165) is 18.0 Å². The van der Waals surface area contributed by atoms with Crippen LogP contribution in [-0.2, 0) is 4.79 Å². The summed E-state index contributed by atoms with van der Waals surface area (Å²) in [6, 6.07) is 7.36. The third kappa shape index (κ3) is 4.57. The smallest absolute Gasteiger partial charge is 0.217 e. The van der Waals surface area contributed by atoms with Crippen LogP contribution in [0.1, 0.15) is 26.7 Å². The van der Waals surface area contributed by atoms with Gasteiger partial charge in [-0.05, 0) is 49.9 Å². The van der Waals surface area contributed by atoms with Crippen LogP contribution in [0.4, 0.5) is 0 Å². The van der Waals surface area contributed by atoms with E-state index in [1.807, 2.05) is 37.4 Å². The monoisotopic (exact) mass is 381 g/mol. The standard InChI is InChI=1S/C20H23N5O3/c1-13(22-14(2)26)11-27-16-5-7-18(21-9-16)20-23-19-8-6-17(10-25(19)24-20)28-12-15-3-4-15/h5-10,13,15H,3-4,11-12H2,1-2H3,(H,22,26)/t13-/m0/s1. The van der Waals surface area contributed by atoms with Gasteiger partial charge in [-0.25, -0.2) is 14.5 Å². The normalized spacial score (nSPS) is 14.6. The Kier molecular flexibility index (Phi) is 5.10. The molecule has 0 aliphatic heterocycles. The molecule has 3 heterocycles. The van der Waals surface area contributed by atoms with Gasteiger partial charge in [0.05, 0.1) is 25.0 Å². The Morgan fingerprint density at radius 2 is 2.07 bits per heavy atom. The topological polar surface area (TPSA) is 90.6 Å². The van der Waals surface area contributed by atoms with Gasteiger partial charge in [0, 0.05) is 6.92 Å². The van der Waals surface area contributed by atoms with Crippen LogP contribution in [-0.4, -0.2) is 44.7 Å². The lowest BCUT2D eigenvalue weighted by Gasteiger charge is -2.13. The number of ether oxygens (including phenoxy) is 2. The largest absolute Gasteiger partial charge is 0.492 e. The van der Waals surface area contributed by atoms with Gasteiger partial charge in [0.1, 0.15) is 23.8 Å². The number of carbonyl (C=O) groups is 1. The number of hydrogen-bond donors (Lipinski definition) is 1. The summed E-state index contributed by atoms with van der Waals surface area (Å²) in [6.07, 6.45) is 5.99. The van der Waals surface area contributed by atoms with Gasteiger partial charge >= 0.3 is 0 Å². The van der Waals surface area contributed by atoms with Crippen molar-refractivity contribution in [2.24, 2.45) is 5.92 Å². The molecule has 1 amide bonds. The van der Waals surface area contributed by atoms with Gasteiger partial charge in [-0.15, -0.1) is 5.10 Å². The van der Waals surface area contributed by atoms with Crippen molar-refractivity contribution in [3.05, 3.63) is 36.7 Å². The maximum atomic E-state index is 11.0. The number of nitrogens with one attached hydrogen (secondary N) is 1. The van der Waals surface area contributed by atoms with Gasteiger partial charge < -0.3 is 14.8 Å². The van der Waals surface area contributed by atoms with Crippen molar-refractivity contribution >= 4 is 11.6 Å². The number of nitrogens with zero attached hydrogens (tertiary/aromatic N) is 4. The number of aromatic nitrogens is 4. The van der Waals surface area contributed by atoms with Crippen LogP contribution in [0.5, 0.6) is 11.5 Å². The minimum absolute atomic E-state index is 0.0754. The van der Waals surface area contributed by atoms with Crippen LogP contribution in [0.3, 0.4) is 0 Å². The molecular formula is C20H23N5O3. The molecule has 146 valence electrons. The first-order valence-corrected chi connectivity index (χ1v) is 9.42. The van der Waals surface area contributed by atoms with Crippen LogP contribution in [0.2, 0.25) is 0 Å². The van der Waals surface area contributed by atoms with E-state index in [9.17, 15) is 4.79 Å². The van der Waals surface area contributed by atoms with Crippen molar-refractivity contribution < 1.29 is 14.3 Å². The van der Waals surface area contributed by atoms with Gasteiger partial charge in [-0.1, -0.05) is 0 Å². The predicted octanol–water partition coefficient (Wildman–Crippen LogP) is 2.48. The Bertz CT molecular complexity index is 966. The molecule has 1 aliphatic rings. The summed E-state index contributed by atoms with van der Waals surface area (Å²) in [5, 5.41) is 7.27. The summed E-state index contributed by atoms with van der Waals surface area (Å²) in [4.78, 5) is 19.9. The highest BCUT2D eigenvalue weighted by atomic mass is 16.5. The van der Waals surface area contributed by atoms with E-state index in [1.54, 1.807) is 10.7 Å². The fraction of sp³-hybridized carbons (Fsp3) is 0.400. The Morgan fingerprint density at radius 1 is 1.25 bits per heavy atom. The second kappa shape index (κ2) is 7.84. The van der Waals surface area contributed by atoms with Gasteiger partial charge in [-0.2, -0.15) is 0 Å². The van der Waals surface area contributed by atoms with Gasteiger partial charge in [0.15, 0.2) is 5.65 Å². The van der Waals surface area contributed by atoms with E-state index in [4.69, 9.17) is 9.47 Å². The zero-order chi connectivity index (χ0) is 19.5. The van der Waals surface area contributed by atoms with Crippen molar-refractivity contribution in [1.29, 1.82) is 0 Å². The molecule has 3 aromatic heterocycles. The number of fused-ring (bicyclic) bond motifs is 1. The molecule has 1 saturated carbocycles. The highest BCUT2D eigenvalue weighted by Gasteiger charge is 2.22. The molecule has 4 rings (SSSR count). The maximum absolute atomic E-state index is 11.0. The molecule has 0 aromatic carbocycles. The highest BCUT2D eigenvalue weighted by molar-refractivity contribution is 5.73. The van der Waals surface area contributed by atoms with Crippen LogP contribution >= 0.6 is 0 Å². The lowest BCUT2D eigenvalue weighted by molar-refractivity contribution is -0.119. The van der Waals surface area contributed by atoms with Crippen molar-refractivity contribution in [3.8, 4) is 23.0 Å². The van der Waals surface area contributed by atoms with E-state index in [1.165, 1.54) is 19.8 Å². The van der Waals surface area contributed by atoms with Crippen molar-refractivity contribution in [3.63, 3.8) is 0 Å². The predicted molar refractivity (Wildman–Crippen MR) is 103 cm³/mol. The molecule has 1 aliphatic carbocycles. The van der Waals surface area contributed by atoms with Gasteiger partial charge in [-0.3, -0.25) is 4.79 Å². The molecule has 0 bridgehead atoms. The lowest BCUT2D eigenvalue weighted by atomic mass is 10.3. The SMILES string of the molecule is CC(=O)N[C@@H](C)COc1ccc(-c2nc3ccc(OCC4CC4)cn3n2)nc1. The molecular weight excluding hydrogens is 358 g/mol. The summed E-state index contributed by atoms with van der Waals surface area (Å²) in [6.45, 7) is 4.50. The van der Waals surface area contributed by atoms with Crippen LogP contribution in [0, 0.1) is 5.92 Å². The Morgan fingerprint density at radius 3 is 2.79 bits per heavy atom. The number of pyridine rings is 2. The second-order valence-electron chi connectivity index (χ2n) is 7.15. The zero-order valence-corrected chi connectivity index (χ0v) is 16.0. The summed E-state index contributed by atoms with van der Waals surface area (Å²) >= 11 is 0. The number of hydrogen-bond acceptors (Lipinski definition) is 6. The van der Waals surface area contributed by atoms with E-state index >= 15 is 0 Å². The molecule has 1 atom stereocenters. The van der Waals surface area contributed by atoms with E-state index in [0.29, 0.717) is 29.8 Å². The minimum atomic E-state index is -0.0800. The van der Waals surface area contributed by atoms with Crippen LogP contribution < -0.4 is 14.8 Å². The fourth-order valence-corrected chi connectivity index (χ4v) is 2.76. The molecule has 0 unspecified atom stereocenters. The molecule has 8 heteroatoms. The van der Waals surface area contributed by atoms with Crippen molar-refractivity contribution in [2.75, 3.05) is 13.2 Å². The average molecular weight is 381 g/mol. The number of amides is 1. The van der Waals surface area contributed by atoms with Crippen molar-refractivity contribution in [1.82, 2.24) is 24.9 Å². The molecule has 0 spiro atoms. The first-order valence-electron chi connectivity index (χ1n) is 9.42. The minimum Gasteiger partial charge on any atom is -0.492 e. The van der Waals surface area contributed by atoms with Gasteiger partial charge in [0.25, 0.3) is 0 Å². The molecule has 1 fully saturated rings. The zero-order valence-electron chi connectivity index (χ0n) is 16.0. The molecule has 8 nitrogen and oxygen atoms in total. The third-order valence-electron chi connectivity index (χ3n) is 4.40. The summed E-state index contributed by atoms with van der Waals surface area (Å²) in [5.74, 6) is 2.58. The Balaban J connectivity index is 1.41. The number of carbonyl (C=O) groups excluding carboxylic acids is 1. The Labute approximate surface area is 162 Å². The highest BCUT2D eigenvalue weighted by Crippen LogP contribution is 2.29. The van der Waals surface area contributed by atoms with E-state index in [2.05, 4.69) is 20.4 Å². The summed E-state index contributed by atoms with van der Waals surface area (Å²) in [5.41, 5.74) is 1.39. The summed E-state index contributed by atoms with van der Waals surface area (Å²) < 4.78 is 13.1. The second-order valence-corrected chi connectivity index (χ2v) is 7.15. The molecule has 28 heavy (non-hydrogen) atoms.